The highest BCUT2D eigenvalue weighted by Crippen LogP contribution is 2.10. The third-order valence-electron chi connectivity index (χ3n) is 3.67. The van der Waals surface area contributed by atoms with E-state index in [9.17, 15) is 14.7 Å². The Morgan fingerprint density at radius 3 is 2.27 bits per heavy atom. The van der Waals surface area contributed by atoms with Crippen molar-refractivity contribution >= 4 is 12.1 Å². The number of rotatable bonds is 9. The second-order valence-corrected chi connectivity index (χ2v) is 7.96. The Hall–Kier alpha value is -2.08. The van der Waals surface area contributed by atoms with Gasteiger partial charge in [0.2, 0.25) is 0 Å². The fourth-order valence-electron chi connectivity index (χ4n) is 2.62. The van der Waals surface area contributed by atoms with Gasteiger partial charge in [-0.2, -0.15) is 0 Å². The second-order valence-electron chi connectivity index (χ2n) is 7.96. The Morgan fingerprint density at radius 2 is 1.77 bits per heavy atom. The summed E-state index contributed by atoms with van der Waals surface area (Å²) in [4.78, 5) is 23.6. The van der Waals surface area contributed by atoms with Gasteiger partial charge in [0, 0.05) is 12.6 Å². The van der Waals surface area contributed by atoms with Crippen LogP contribution in [0.25, 0.3) is 0 Å². The molecule has 0 aliphatic rings. The fourth-order valence-corrected chi connectivity index (χ4v) is 2.62. The highest BCUT2D eigenvalue weighted by Gasteiger charge is 2.23. The number of carboxylic acid groups (broad SMARTS) is 1. The number of benzene rings is 1. The van der Waals surface area contributed by atoms with Gasteiger partial charge < -0.3 is 20.5 Å². The Balaban J connectivity index is 2.66. The van der Waals surface area contributed by atoms with E-state index < -0.39 is 23.7 Å². The standard InChI is InChI=1S/C20H32N2O4/c1-14(2)11-16(22-19(25)26-20(3,4)5)13-21-17(18(23)24)12-15-9-7-6-8-10-15/h6-10,14,16-17,21H,11-13H2,1-5H3,(H,22,25)(H,23,24)/t16-,17-/m0/s1. The van der Waals surface area contributed by atoms with Crippen molar-refractivity contribution in [2.24, 2.45) is 5.92 Å². The molecule has 0 saturated carbocycles. The first-order valence-electron chi connectivity index (χ1n) is 9.06. The molecule has 3 N–H and O–H groups in total. The lowest BCUT2D eigenvalue weighted by Gasteiger charge is -2.26. The molecule has 6 nitrogen and oxygen atoms in total. The molecule has 6 heteroatoms. The average Bonchev–Trinajstić information content (AvgIpc) is 2.49. The largest absolute Gasteiger partial charge is 0.480 e. The molecule has 0 saturated heterocycles. The highest BCUT2D eigenvalue weighted by molar-refractivity contribution is 5.74. The van der Waals surface area contributed by atoms with Gasteiger partial charge in [-0.25, -0.2) is 4.79 Å². The molecular formula is C20H32N2O4. The smallest absolute Gasteiger partial charge is 0.407 e. The molecule has 0 bridgehead atoms. The maximum Gasteiger partial charge on any atom is 0.407 e. The quantitative estimate of drug-likeness (QED) is 0.626. The van der Waals surface area contributed by atoms with Crippen LogP contribution in [0.15, 0.2) is 30.3 Å². The fraction of sp³-hybridized carbons (Fsp3) is 0.600. The van der Waals surface area contributed by atoms with E-state index in [0.717, 1.165) is 12.0 Å². The molecule has 1 aromatic carbocycles. The van der Waals surface area contributed by atoms with E-state index >= 15 is 0 Å². The zero-order valence-electron chi connectivity index (χ0n) is 16.4. The van der Waals surface area contributed by atoms with Crippen LogP contribution in [0, 0.1) is 5.92 Å². The van der Waals surface area contributed by atoms with Crippen LogP contribution >= 0.6 is 0 Å². The van der Waals surface area contributed by atoms with Crippen LogP contribution in [-0.2, 0) is 16.0 Å². The van der Waals surface area contributed by atoms with Crippen molar-refractivity contribution in [3.05, 3.63) is 35.9 Å². The third-order valence-corrected chi connectivity index (χ3v) is 3.67. The summed E-state index contributed by atoms with van der Waals surface area (Å²) in [5, 5.41) is 15.4. The van der Waals surface area contributed by atoms with Gasteiger partial charge in [-0.05, 0) is 45.1 Å². The number of hydrogen-bond donors (Lipinski definition) is 3. The third kappa shape index (κ3) is 9.42. The van der Waals surface area contributed by atoms with Crippen LogP contribution in [0.2, 0.25) is 0 Å². The predicted molar refractivity (Wildman–Crippen MR) is 102 cm³/mol. The minimum atomic E-state index is -0.908. The summed E-state index contributed by atoms with van der Waals surface area (Å²) in [5.41, 5.74) is 0.379. The van der Waals surface area contributed by atoms with Crippen LogP contribution in [0.4, 0.5) is 4.79 Å². The first-order valence-corrected chi connectivity index (χ1v) is 9.06. The van der Waals surface area contributed by atoms with E-state index in [2.05, 4.69) is 24.5 Å². The zero-order valence-corrected chi connectivity index (χ0v) is 16.4. The average molecular weight is 364 g/mol. The van der Waals surface area contributed by atoms with Crippen LogP contribution in [0.1, 0.15) is 46.6 Å². The maximum absolute atomic E-state index is 12.0. The van der Waals surface area contributed by atoms with Gasteiger partial charge >= 0.3 is 12.1 Å². The molecule has 0 aliphatic carbocycles. The van der Waals surface area contributed by atoms with Gasteiger partial charge in [0.25, 0.3) is 0 Å². The second kappa shape index (κ2) is 10.2. The van der Waals surface area contributed by atoms with Crippen LogP contribution in [0.5, 0.6) is 0 Å². The van der Waals surface area contributed by atoms with Crippen LogP contribution in [0.3, 0.4) is 0 Å². The Morgan fingerprint density at radius 1 is 1.15 bits per heavy atom. The van der Waals surface area contributed by atoms with Gasteiger partial charge in [0.1, 0.15) is 11.6 Å². The van der Waals surface area contributed by atoms with Crippen molar-refractivity contribution in [2.45, 2.75) is 65.1 Å². The van der Waals surface area contributed by atoms with Crippen molar-refractivity contribution in [2.75, 3.05) is 6.54 Å². The van der Waals surface area contributed by atoms with Crippen molar-refractivity contribution in [3.8, 4) is 0 Å². The molecule has 0 unspecified atom stereocenters. The molecule has 1 aromatic rings. The summed E-state index contributed by atoms with van der Waals surface area (Å²) in [6.45, 7) is 9.90. The summed E-state index contributed by atoms with van der Waals surface area (Å²) in [6.07, 6.45) is 0.626. The molecule has 0 aliphatic heterocycles. The Kier molecular flexibility index (Phi) is 8.58. The van der Waals surface area contributed by atoms with Gasteiger partial charge in [-0.1, -0.05) is 44.2 Å². The number of alkyl carbamates (subject to hydrolysis) is 1. The molecule has 146 valence electrons. The number of ether oxygens (including phenoxy) is 1. The first-order chi connectivity index (χ1) is 12.1. The maximum atomic E-state index is 12.0. The van der Waals surface area contributed by atoms with Gasteiger partial charge in [-0.3, -0.25) is 4.79 Å². The minimum Gasteiger partial charge on any atom is -0.480 e. The summed E-state index contributed by atoms with van der Waals surface area (Å²) >= 11 is 0. The summed E-state index contributed by atoms with van der Waals surface area (Å²) in [7, 11) is 0. The monoisotopic (exact) mass is 364 g/mol. The number of aliphatic carboxylic acids is 1. The number of carboxylic acids is 1. The molecule has 1 rings (SSSR count). The minimum absolute atomic E-state index is 0.206. The van der Waals surface area contributed by atoms with Gasteiger partial charge in [-0.15, -0.1) is 0 Å². The first kappa shape index (κ1) is 22.0. The number of carbonyl (C=O) groups excluding carboxylic acids is 1. The Labute approximate surface area is 156 Å². The molecule has 0 aromatic heterocycles. The lowest BCUT2D eigenvalue weighted by molar-refractivity contribution is -0.139. The lowest BCUT2D eigenvalue weighted by Crippen LogP contribution is -2.49. The number of hydrogen-bond acceptors (Lipinski definition) is 4. The number of amides is 1. The summed E-state index contributed by atoms with van der Waals surface area (Å²) < 4.78 is 5.31. The summed E-state index contributed by atoms with van der Waals surface area (Å²) in [6, 6.07) is 8.56. The van der Waals surface area contributed by atoms with Crippen LogP contribution < -0.4 is 10.6 Å². The van der Waals surface area contributed by atoms with Crippen molar-refractivity contribution in [3.63, 3.8) is 0 Å². The van der Waals surface area contributed by atoms with E-state index in [1.54, 1.807) is 0 Å². The van der Waals surface area contributed by atoms with E-state index in [-0.39, 0.29) is 6.04 Å². The molecule has 0 spiro atoms. The van der Waals surface area contributed by atoms with Crippen molar-refractivity contribution < 1.29 is 19.4 Å². The highest BCUT2D eigenvalue weighted by atomic mass is 16.6. The van der Waals surface area contributed by atoms with E-state index in [4.69, 9.17) is 4.74 Å². The molecule has 1 amide bonds. The van der Waals surface area contributed by atoms with Crippen molar-refractivity contribution in [1.82, 2.24) is 10.6 Å². The number of carbonyl (C=O) groups is 2. The predicted octanol–water partition coefficient (Wildman–Crippen LogP) is 3.21. The molecule has 0 heterocycles. The summed E-state index contributed by atoms with van der Waals surface area (Å²) in [5.74, 6) is -0.552. The molecule has 0 fully saturated rings. The van der Waals surface area contributed by atoms with Crippen molar-refractivity contribution in [1.29, 1.82) is 0 Å². The van der Waals surface area contributed by atoms with Gasteiger partial charge in [0.15, 0.2) is 0 Å². The van der Waals surface area contributed by atoms with E-state index in [0.29, 0.717) is 18.9 Å². The van der Waals surface area contributed by atoms with E-state index in [1.807, 2.05) is 51.1 Å². The van der Waals surface area contributed by atoms with E-state index in [1.165, 1.54) is 0 Å². The molecule has 0 radical (unpaired) electrons. The van der Waals surface area contributed by atoms with Crippen LogP contribution in [-0.4, -0.2) is 41.4 Å². The lowest BCUT2D eigenvalue weighted by atomic mass is 10.0. The Bertz CT molecular complexity index is 567. The topological polar surface area (TPSA) is 87.7 Å². The zero-order chi connectivity index (χ0) is 19.7. The molecule has 2 atom stereocenters. The SMILES string of the molecule is CC(C)C[C@@H](CN[C@@H](Cc1ccccc1)C(=O)O)NC(=O)OC(C)(C)C. The van der Waals surface area contributed by atoms with Gasteiger partial charge in [0.05, 0.1) is 0 Å². The molecular weight excluding hydrogens is 332 g/mol. The molecule has 26 heavy (non-hydrogen) atoms. The number of nitrogens with one attached hydrogen (secondary N) is 2. The normalized spacial score (nSPS) is 13.9.